The molecule has 0 unspecified atom stereocenters. The summed E-state index contributed by atoms with van der Waals surface area (Å²) in [6.07, 6.45) is 2.01. The molecule has 0 spiro atoms. The highest BCUT2D eigenvalue weighted by Gasteiger charge is 2.21. The molecule has 2 rings (SSSR count). The van der Waals surface area contributed by atoms with E-state index in [9.17, 15) is 4.79 Å². The number of benzene rings is 1. The van der Waals surface area contributed by atoms with Crippen molar-refractivity contribution >= 4 is 11.7 Å². The van der Waals surface area contributed by atoms with Crippen LogP contribution in [0.3, 0.4) is 0 Å². The molecule has 1 fully saturated rings. The summed E-state index contributed by atoms with van der Waals surface area (Å²) in [5.74, 6) is 0.734. The smallest absolute Gasteiger partial charge is 0.319 e. The average Bonchev–Trinajstić information content (AvgIpc) is 2.47. The number of carbonyl (C=O) groups excluding carboxylic acids is 1. The van der Waals surface area contributed by atoms with Gasteiger partial charge < -0.3 is 20.3 Å². The fourth-order valence-electron chi connectivity index (χ4n) is 2.61. The Kier molecular flexibility index (Phi) is 5.44. The van der Waals surface area contributed by atoms with Gasteiger partial charge in [-0.1, -0.05) is 6.07 Å². The number of piperidine rings is 1. The van der Waals surface area contributed by atoms with Crippen molar-refractivity contribution in [1.82, 2.24) is 10.2 Å². The lowest BCUT2D eigenvalue weighted by Gasteiger charge is -2.34. The number of likely N-dealkylation sites (tertiary alicyclic amines) is 1. The van der Waals surface area contributed by atoms with E-state index in [2.05, 4.69) is 29.4 Å². The number of hydrogen-bond acceptors (Lipinski definition) is 3. The number of anilines is 1. The zero-order valence-electron chi connectivity index (χ0n) is 13.1. The summed E-state index contributed by atoms with van der Waals surface area (Å²) in [7, 11) is 1.61. The lowest BCUT2D eigenvalue weighted by molar-refractivity contribution is 0.163. The van der Waals surface area contributed by atoms with Crippen LogP contribution in [0.15, 0.2) is 24.3 Å². The van der Waals surface area contributed by atoms with Crippen LogP contribution in [0.5, 0.6) is 5.75 Å². The van der Waals surface area contributed by atoms with Crippen LogP contribution in [0.4, 0.5) is 10.5 Å². The van der Waals surface area contributed by atoms with E-state index in [1.807, 2.05) is 18.2 Å². The maximum absolute atomic E-state index is 12.0. The van der Waals surface area contributed by atoms with Gasteiger partial charge in [-0.05, 0) is 38.8 Å². The molecule has 0 bridgehead atoms. The minimum Gasteiger partial charge on any atom is -0.497 e. The molecule has 5 nitrogen and oxygen atoms in total. The maximum atomic E-state index is 12.0. The highest BCUT2D eigenvalue weighted by atomic mass is 16.5. The van der Waals surface area contributed by atoms with Crippen LogP contribution in [0.25, 0.3) is 0 Å². The van der Waals surface area contributed by atoms with Crippen LogP contribution >= 0.6 is 0 Å². The molecule has 1 saturated heterocycles. The number of ether oxygens (including phenoxy) is 1. The largest absolute Gasteiger partial charge is 0.497 e. The third-order valence-corrected chi connectivity index (χ3v) is 3.92. The Morgan fingerprint density at radius 3 is 2.67 bits per heavy atom. The Morgan fingerprint density at radius 1 is 1.33 bits per heavy atom. The minimum atomic E-state index is -0.147. The molecular formula is C16H25N3O2. The van der Waals surface area contributed by atoms with Crippen molar-refractivity contribution in [1.29, 1.82) is 0 Å². The lowest BCUT2D eigenvalue weighted by atomic mass is 10.0. The Bertz CT molecular complexity index is 468. The standard InChI is InChI=1S/C16H25N3O2/c1-12(2)19-9-7-13(8-10-19)17-16(20)18-14-5-4-6-15(11-14)21-3/h4-6,11-13H,7-10H2,1-3H3,(H2,17,18,20). The van der Waals surface area contributed by atoms with E-state index in [0.717, 1.165) is 37.4 Å². The first-order valence-corrected chi connectivity index (χ1v) is 7.54. The normalized spacial score (nSPS) is 16.8. The number of rotatable bonds is 4. The Labute approximate surface area is 126 Å². The van der Waals surface area contributed by atoms with Crippen molar-refractivity contribution in [2.45, 2.75) is 38.8 Å². The van der Waals surface area contributed by atoms with Crippen LogP contribution in [-0.4, -0.2) is 43.2 Å². The van der Waals surface area contributed by atoms with Crippen molar-refractivity contribution in [3.05, 3.63) is 24.3 Å². The highest BCUT2D eigenvalue weighted by molar-refractivity contribution is 5.89. The van der Waals surface area contributed by atoms with Gasteiger partial charge in [0.1, 0.15) is 5.75 Å². The van der Waals surface area contributed by atoms with Gasteiger partial charge in [0.05, 0.1) is 7.11 Å². The van der Waals surface area contributed by atoms with Gasteiger partial charge in [0, 0.05) is 36.9 Å². The summed E-state index contributed by atoms with van der Waals surface area (Å²) < 4.78 is 5.14. The number of urea groups is 1. The predicted octanol–water partition coefficient (Wildman–Crippen LogP) is 2.69. The summed E-state index contributed by atoms with van der Waals surface area (Å²) in [4.78, 5) is 14.5. The van der Waals surface area contributed by atoms with Crippen molar-refractivity contribution in [2.75, 3.05) is 25.5 Å². The van der Waals surface area contributed by atoms with Crippen LogP contribution in [0.1, 0.15) is 26.7 Å². The molecular weight excluding hydrogens is 266 g/mol. The zero-order valence-corrected chi connectivity index (χ0v) is 13.1. The molecule has 1 aliphatic rings. The summed E-state index contributed by atoms with van der Waals surface area (Å²) in [6, 6.07) is 8.05. The summed E-state index contributed by atoms with van der Waals surface area (Å²) in [5.41, 5.74) is 0.742. The quantitative estimate of drug-likeness (QED) is 0.897. The number of amides is 2. The molecule has 0 saturated carbocycles. The summed E-state index contributed by atoms with van der Waals surface area (Å²) >= 11 is 0. The second-order valence-electron chi connectivity index (χ2n) is 5.73. The maximum Gasteiger partial charge on any atom is 0.319 e. The zero-order chi connectivity index (χ0) is 15.2. The first-order valence-electron chi connectivity index (χ1n) is 7.54. The highest BCUT2D eigenvalue weighted by Crippen LogP contribution is 2.17. The van der Waals surface area contributed by atoms with E-state index in [-0.39, 0.29) is 12.1 Å². The Balaban J connectivity index is 1.80. The summed E-state index contributed by atoms with van der Waals surface area (Å²) in [6.45, 7) is 6.51. The van der Waals surface area contributed by atoms with E-state index in [4.69, 9.17) is 4.74 Å². The SMILES string of the molecule is COc1cccc(NC(=O)NC2CCN(C(C)C)CC2)c1. The van der Waals surface area contributed by atoms with Gasteiger partial charge in [-0.3, -0.25) is 0 Å². The number of carbonyl (C=O) groups is 1. The van der Waals surface area contributed by atoms with Gasteiger partial charge in [-0.2, -0.15) is 0 Å². The fraction of sp³-hybridized carbons (Fsp3) is 0.562. The molecule has 1 aromatic carbocycles. The Hall–Kier alpha value is -1.75. The molecule has 0 radical (unpaired) electrons. The van der Waals surface area contributed by atoms with Crippen molar-refractivity contribution in [2.24, 2.45) is 0 Å². The van der Waals surface area contributed by atoms with Gasteiger partial charge in [-0.25, -0.2) is 4.79 Å². The third-order valence-electron chi connectivity index (χ3n) is 3.92. The van der Waals surface area contributed by atoms with E-state index >= 15 is 0 Å². The Morgan fingerprint density at radius 2 is 2.05 bits per heavy atom. The molecule has 0 aliphatic carbocycles. The van der Waals surface area contributed by atoms with E-state index in [1.165, 1.54) is 0 Å². The molecule has 0 aromatic heterocycles. The number of methoxy groups -OCH3 is 1. The molecule has 116 valence electrons. The van der Waals surface area contributed by atoms with Gasteiger partial charge in [0.25, 0.3) is 0 Å². The molecule has 2 N–H and O–H groups in total. The van der Waals surface area contributed by atoms with Gasteiger partial charge in [0.2, 0.25) is 0 Å². The van der Waals surface area contributed by atoms with Crippen molar-refractivity contribution in [3.8, 4) is 5.75 Å². The van der Waals surface area contributed by atoms with E-state index in [1.54, 1.807) is 13.2 Å². The fourth-order valence-corrected chi connectivity index (χ4v) is 2.61. The third kappa shape index (κ3) is 4.63. The van der Waals surface area contributed by atoms with Crippen molar-refractivity contribution < 1.29 is 9.53 Å². The van der Waals surface area contributed by atoms with Crippen LogP contribution < -0.4 is 15.4 Å². The topological polar surface area (TPSA) is 53.6 Å². The number of hydrogen-bond donors (Lipinski definition) is 2. The molecule has 2 amide bonds. The van der Waals surface area contributed by atoms with Crippen molar-refractivity contribution in [3.63, 3.8) is 0 Å². The minimum absolute atomic E-state index is 0.147. The van der Waals surface area contributed by atoms with Crippen LogP contribution in [-0.2, 0) is 0 Å². The van der Waals surface area contributed by atoms with Gasteiger partial charge >= 0.3 is 6.03 Å². The first-order chi connectivity index (χ1) is 10.1. The molecule has 21 heavy (non-hydrogen) atoms. The number of nitrogens with zero attached hydrogens (tertiary/aromatic N) is 1. The monoisotopic (exact) mass is 291 g/mol. The molecule has 1 heterocycles. The van der Waals surface area contributed by atoms with E-state index < -0.39 is 0 Å². The number of nitrogens with one attached hydrogen (secondary N) is 2. The molecule has 1 aliphatic heterocycles. The second kappa shape index (κ2) is 7.31. The van der Waals surface area contributed by atoms with E-state index in [0.29, 0.717) is 6.04 Å². The molecule has 0 atom stereocenters. The van der Waals surface area contributed by atoms with Crippen LogP contribution in [0, 0.1) is 0 Å². The predicted molar refractivity (Wildman–Crippen MR) is 84.9 cm³/mol. The first kappa shape index (κ1) is 15.6. The van der Waals surface area contributed by atoms with Gasteiger partial charge in [-0.15, -0.1) is 0 Å². The molecule has 5 heteroatoms. The van der Waals surface area contributed by atoms with Gasteiger partial charge in [0.15, 0.2) is 0 Å². The summed E-state index contributed by atoms with van der Waals surface area (Å²) in [5, 5.41) is 5.90. The van der Waals surface area contributed by atoms with Crippen LogP contribution in [0.2, 0.25) is 0 Å². The molecule has 1 aromatic rings. The average molecular weight is 291 g/mol. The second-order valence-corrected chi connectivity index (χ2v) is 5.73. The lowest BCUT2D eigenvalue weighted by Crippen LogP contribution is -2.47.